The van der Waals surface area contributed by atoms with Crippen LogP contribution in [0.15, 0.2) is 48.5 Å². The lowest BCUT2D eigenvalue weighted by atomic mass is 9.98. The van der Waals surface area contributed by atoms with Gasteiger partial charge in [-0.1, -0.05) is 36.4 Å². The molecule has 0 aliphatic carbocycles. The molecule has 0 spiro atoms. The number of rotatable bonds is 4. The fraction of sp³-hybridized carbons (Fsp3) is 0.409. The van der Waals surface area contributed by atoms with Crippen molar-refractivity contribution in [1.29, 1.82) is 0 Å². The highest BCUT2D eigenvalue weighted by Gasteiger charge is 2.31. The topological polar surface area (TPSA) is 32.8 Å². The lowest BCUT2D eigenvalue weighted by Gasteiger charge is -2.33. The van der Waals surface area contributed by atoms with E-state index in [1.807, 2.05) is 29.2 Å². The summed E-state index contributed by atoms with van der Waals surface area (Å²) in [6.45, 7) is 3.83. The lowest BCUT2D eigenvalue weighted by molar-refractivity contribution is -0.129. The summed E-state index contributed by atoms with van der Waals surface area (Å²) in [7, 11) is 1.66. The quantitative estimate of drug-likeness (QED) is 0.850. The monoisotopic (exact) mass is 350 g/mol. The fourth-order valence-corrected chi connectivity index (χ4v) is 4.16. The van der Waals surface area contributed by atoms with Gasteiger partial charge in [0.05, 0.1) is 13.5 Å². The average Bonchev–Trinajstić information content (AvgIpc) is 3.18. The average molecular weight is 350 g/mol. The molecule has 4 heteroatoms. The summed E-state index contributed by atoms with van der Waals surface area (Å²) < 4.78 is 5.26. The Kier molecular flexibility index (Phi) is 4.93. The Morgan fingerprint density at radius 2 is 1.96 bits per heavy atom. The van der Waals surface area contributed by atoms with Crippen LogP contribution in [0.2, 0.25) is 0 Å². The number of ether oxygens (including phenoxy) is 1. The summed E-state index contributed by atoms with van der Waals surface area (Å²) in [6, 6.07) is 17.0. The van der Waals surface area contributed by atoms with E-state index >= 15 is 0 Å². The molecular weight excluding hydrogens is 324 g/mol. The van der Waals surface area contributed by atoms with E-state index in [1.54, 1.807) is 7.11 Å². The van der Waals surface area contributed by atoms with Crippen molar-refractivity contribution in [1.82, 2.24) is 9.80 Å². The number of carbonyl (C=O) groups is 1. The molecule has 1 atom stereocenters. The minimum atomic E-state index is 0.221. The van der Waals surface area contributed by atoms with Crippen LogP contribution in [0.4, 0.5) is 0 Å². The number of carbonyl (C=O) groups excluding carboxylic acids is 1. The van der Waals surface area contributed by atoms with Gasteiger partial charge in [-0.25, -0.2) is 0 Å². The fourth-order valence-electron chi connectivity index (χ4n) is 4.16. The molecule has 1 amide bonds. The highest BCUT2D eigenvalue weighted by Crippen LogP contribution is 2.25. The van der Waals surface area contributed by atoms with Crippen molar-refractivity contribution in [2.24, 2.45) is 0 Å². The second kappa shape index (κ2) is 7.50. The first kappa shape index (κ1) is 17.1. The lowest BCUT2D eigenvalue weighted by Crippen LogP contribution is -2.41. The van der Waals surface area contributed by atoms with Crippen molar-refractivity contribution >= 4 is 5.91 Å². The number of nitrogens with zero attached hydrogens (tertiary/aromatic N) is 2. The molecule has 2 aromatic rings. The van der Waals surface area contributed by atoms with Crippen LogP contribution in [0, 0.1) is 0 Å². The van der Waals surface area contributed by atoms with Crippen LogP contribution in [-0.2, 0) is 24.2 Å². The van der Waals surface area contributed by atoms with Gasteiger partial charge in [0.25, 0.3) is 0 Å². The molecule has 1 fully saturated rings. The third-order valence-electron chi connectivity index (χ3n) is 5.68. The van der Waals surface area contributed by atoms with Crippen LogP contribution in [-0.4, -0.2) is 48.5 Å². The largest absolute Gasteiger partial charge is 0.497 e. The molecule has 0 radical (unpaired) electrons. The summed E-state index contributed by atoms with van der Waals surface area (Å²) in [5.74, 6) is 1.03. The Morgan fingerprint density at radius 3 is 2.81 bits per heavy atom. The maximum absolute atomic E-state index is 12.7. The van der Waals surface area contributed by atoms with Gasteiger partial charge in [0.1, 0.15) is 5.75 Å². The van der Waals surface area contributed by atoms with Crippen LogP contribution >= 0.6 is 0 Å². The third kappa shape index (κ3) is 3.61. The summed E-state index contributed by atoms with van der Waals surface area (Å²) in [5.41, 5.74) is 3.94. The number of amides is 1. The molecule has 0 bridgehead atoms. The molecule has 136 valence electrons. The van der Waals surface area contributed by atoms with Gasteiger partial charge < -0.3 is 9.64 Å². The van der Waals surface area contributed by atoms with Crippen LogP contribution in [0.1, 0.15) is 23.1 Å². The minimum Gasteiger partial charge on any atom is -0.497 e. The Hall–Kier alpha value is -2.33. The standard InChI is InChI=1S/C22H26N2O2/c1-26-21-8-4-5-17(13-21)14-22(25)24-12-10-20(16-24)23-11-9-18-6-2-3-7-19(18)15-23/h2-8,13,20H,9-12,14-16H2,1H3. The molecule has 2 aromatic carbocycles. The second-order valence-electron chi connectivity index (χ2n) is 7.30. The van der Waals surface area contributed by atoms with Gasteiger partial charge in [-0.05, 0) is 41.7 Å². The van der Waals surface area contributed by atoms with E-state index in [9.17, 15) is 4.79 Å². The molecule has 1 unspecified atom stereocenters. The van der Waals surface area contributed by atoms with Crippen LogP contribution < -0.4 is 4.74 Å². The number of likely N-dealkylation sites (tertiary alicyclic amines) is 1. The first-order valence-electron chi connectivity index (χ1n) is 9.44. The molecule has 2 aliphatic rings. The molecule has 26 heavy (non-hydrogen) atoms. The van der Waals surface area contributed by atoms with E-state index in [0.717, 1.165) is 50.3 Å². The van der Waals surface area contributed by atoms with Crippen molar-refractivity contribution in [2.45, 2.75) is 31.8 Å². The maximum atomic E-state index is 12.7. The Bertz CT molecular complexity index is 789. The molecule has 4 nitrogen and oxygen atoms in total. The highest BCUT2D eigenvalue weighted by atomic mass is 16.5. The SMILES string of the molecule is COc1cccc(CC(=O)N2CCC(N3CCc4ccccc4C3)C2)c1. The second-order valence-corrected chi connectivity index (χ2v) is 7.30. The Morgan fingerprint density at radius 1 is 1.12 bits per heavy atom. The van der Waals surface area contributed by atoms with E-state index in [1.165, 1.54) is 11.1 Å². The first-order chi connectivity index (χ1) is 12.7. The van der Waals surface area contributed by atoms with E-state index < -0.39 is 0 Å². The Balaban J connectivity index is 1.35. The van der Waals surface area contributed by atoms with Gasteiger partial charge in [-0.3, -0.25) is 9.69 Å². The van der Waals surface area contributed by atoms with Crippen molar-refractivity contribution in [3.05, 3.63) is 65.2 Å². The first-order valence-corrected chi connectivity index (χ1v) is 9.44. The smallest absolute Gasteiger partial charge is 0.227 e. The highest BCUT2D eigenvalue weighted by molar-refractivity contribution is 5.79. The predicted molar refractivity (Wildman–Crippen MR) is 102 cm³/mol. The summed E-state index contributed by atoms with van der Waals surface area (Å²) in [4.78, 5) is 17.3. The number of benzene rings is 2. The van der Waals surface area contributed by atoms with Crippen molar-refractivity contribution in [3.8, 4) is 5.75 Å². The molecule has 4 rings (SSSR count). The summed E-state index contributed by atoms with van der Waals surface area (Å²) in [5, 5.41) is 0. The maximum Gasteiger partial charge on any atom is 0.227 e. The zero-order valence-electron chi connectivity index (χ0n) is 15.4. The normalized spacial score (nSPS) is 20.0. The molecular formula is C22H26N2O2. The van der Waals surface area contributed by atoms with Crippen LogP contribution in [0.3, 0.4) is 0 Å². The van der Waals surface area contributed by atoms with Gasteiger partial charge in [-0.2, -0.15) is 0 Å². The van der Waals surface area contributed by atoms with Gasteiger partial charge in [0.2, 0.25) is 5.91 Å². The van der Waals surface area contributed by atoms with Crippen molar-refractivity contribution in [2.75, 3.05) is 26.7 Å². The van der Waals surface area contributed by atoms with E-state index in [2.05, 4.69) is 29.2 Å². The summed E-state index contributed by atoms with van der Waals surface area (Å²) >= 11 is 0. The molecule has 0 aromatic heterocycles. The number of hydrogen-bond donors (Lipinski definition) is 0. The van der Waals surface area contributed by atoms with Crippen molar-refractivity contribution in [3.63, 3.8) is 0 Å². The molecule has 2 heterocycles. The zero-order valence-corrected chi connectivity index (χ0v) is 15.4. The molecule has 0 saturated carbocycles. The van der Waals surface area contributed by atoms with E-state index in [0.29, 0.717) is 12.5 Å². The van der Waals surface area contributed by atoms with Crippen LogP contribution in [0.25, 0.3) is 0 Å². The van der Waals surface area contributed by atoms with Gasteiger partial charge >= 0.3 is 0 Å². The summed E-state index contributed by atoms with van der Waals surface area (Å²) in [6.07, 6.45) is 2.64. The molecule has 2 aliphatic heterocycles. The van der Waals surface area contributed by atoms with Gasteiger partial charge in [0, 0.05) is 32.2 Å². The molecule has 0 N–H and O–H groups in total. The molecule has 1 saturated heterocycles. The third-order valence-corrected chi connectivity index (χ3v) is 5.68. The predicted octanol–water partition coefficient (Wildman–Crippen LogP) is 2.90. The van der Waals surface area contributed by atoms with Crippen molar-refractivity contribution < 1.29 is 9.53 Å². The van der Waals surface area contributed by atoms with Crippen LogP contribution in [0.5, 0.6) is 5.75 Å². The zero-order chi connectivity index (χ0) is 17.9. The van der Waals surface area contributed by atoms with E-state index in [4.69, 9.17) is 4.74 Å². The van der Waals surface area contributed by atoms with E-state index in [-0.39, 0.29) is 5.91 Å². The number of hydrogen-bond acceptors (Lipinski definition) is 3. The minimum absolute atomic E-state index is 0.221. The van der Waals surface area contributed by atoms with Gasteiger partial charge in [-0.15, -0.1) is 0 Å². The van der Waals surface area contributed by atoms with Gasteiger partial charge in [0.15, 0.2) is 0 Å². The number of fused-ring (bicyclic) bond motifs is 1. The Labute approximate surface area is 155 Å². The number of methoxy groups -OCH3 is 1.